The zero-order valence-electron chi connectivity index (χ0n) is 10.1. The van der Waals surface area contributed by atoms with Crippen LogP contribution in [0.2, 0.25) is 0 Å². The summed E-state index contributed by atoms with van der Waals surface area (Å²) in [5.41, 5.74) is 0. The van der Waals surface area contributed by atoms with Gasteiger partial charge < -0.3 is 5.32 Å². The van der Waals surface area contributed by atoms with E-state index in [0.29, 0.717) is 18.2 Å². The van der Waals surface area contributed by atoms with Gasteiger partial charge in [0, 0.05) is 25.2 Å². The summed E-state index contributed by atoms with van der Waals surface area (Å²) in [7, 11) is -3.03. The van der Waals surface area contributed by atoms with Gasteiger partial charge in [0.15, 0.2) is 0 Å². The van der Waals surface area contributed by atoms with Gasteiger partial charge in [0.2, 0.25) is 10.0 Å². The van der Waals surface area contributed by atoms with Crippen LogP contribution in [0.5, 0.6) is 0 Å². The fraction of sp³-hybridized carbons (Fsp3) is 1.00. The minimum atomic E-state index is -3.03. The molecule has 5 heteroatoms. The van der Waals surface area contributed by atoms with Gasteiger partial charge in [-0.1, -0.05) is 12.8 Å². The molecule has 2 atom stereocenters. The number of rotatable bonds is 4. The first-order chi connectivity index (χ1) is 7.49. The van der Waals surface area contributed by atoms with Gasteiger partial charge in [0.05, 0.1) is 5.75 Å². The molecular formula is C11H22N2O2S. The van der Waals surface area contributed by atoms with Crippen molar-refractivity contribution < 1.29 is 8.42 Å². The summed E-state index contributed by atoms with van der Waals surface area (Å²) in [5, 5.41) is 3.30. The second-order valence-electron chi connectivity index (χ2n) is 5.28. The van der Waals surface area contributed by atoms with Crippen molar-refractivity contribution in [1.82, 2.24) is 9.62 Å². The van der Waals surface area contributed by atoms with Crippen molar-refractivity contribution in [1.29, 1.82) is 0 Å². The Morgan fingerprint density at radius 1 is 1.31 bits per heavy atom. The molecule has 1 saturated heterocycles. The summed E-state index contributed by atoms with van der Waals surface area (Å²) in [6.45, 7) is 5.40. The topological polar surface area (TPSA) is 49.4 Å². The van der Waals surface area contributed by atoms with Gasteiger partial charge in [-0.15, -0.1) is 0 Å². The molecule has 1 saturated carbocycles. The van der Waals surface area contributed by atoms with Gasteiger partial charge >= 0.3 is 0 Å². The molecule has 2 aliphatic rings. The Hall–Kier alpha value is -0.130. The molecule has 2 unspecified atom stereocenters. The standard InChI is InChI=1S/C11H22N2O2S/c1-9-8-13(10(2)7-12-9)16(14,15)6-5-11-3-4-11/h9-12H,3-8H2,1-2H3. The van der Waals surface area contributed by atoms with Crippen LogP contribution in [-0.2, 0) is 10.0 Å². The Morgan fingerprint density at radius 2 is 2.00 bits per heavy atom. The zero-order valence-corrected chi connectivity index (χ0v) is 11.0. The van der Waals surface area contributed by atoms with Crippen molar-refractivity contribution in [2.24, 2.45) is 5.92 Å². The summed E-state index contributed by atoms with van der Waals surface area (Å²) in [6.07, 6.45) is 3.30. The maximum Gasteiger partial charge on any atom is 0.214 e. The van der Waals surface area contributed by atoms with Crippen molar-refractivity contribution in [3.8, 4) is 0 Å². The fourth-order valence-corrected chi connectivity index (χ4v) is 4.15. The Morgan fingerprint density at radius 3 is 2.62 bits per heavy atom. The van der Waals surface area contributed by atoms with Gasteiger partial charge in [-0.3, -0.25) is 0 Å². The predicted molar refractivity (Wildman–Crippen MR) is 64.8 cm³/mol. The quantitative estimate of drug-likeness (QED) is 0.798. The van der Waals surface area contributed by atoms with Gasteiger partial charge in [0.1, 0.15) is 0 Å². The van der Waals surface area contributed by atoms with Crippen molar-refractivity contribution in [3.63, 3.8) is 0 Å². The molecule has 0 aromatic rings. The summed E-state index contributed by atoms with van der Waals surface area (Å²) in [6, 6.07) is 0.368. The van der Waals surface area contributed by atoms with Crippen LogP contribution < -0.4 is 5.32 Å². The maximum absolute atomic E-state index is 12.2. The van der Waals surface area contributed by atoms with E-state index in [1.165, 1.54) is 12.8 Å². The highest BCUT2D eigenvalue weighted by Crippen LogP contribution is 2.33. The first kappa shape index (κ1) is 12.3. The molecule has 94 valence electrons. The monoisotopic (exact) mass is 246 g/mol. The number of sulfonamides is 1. The Balaban J connectivity index is 1.96. The van der Waals surface area contributed by atoms with Crippen LogP contribution in [0.1, 0.15) is 33.1 Å². The fourth-order valence-electron chi connectivity index (χ4n) is 2.22. The number of nitrogens with zero attached hydrogens (tertiary/aromatic N) is 1. The first-order valence-corrected chi connectivity index (χ1v) is 7.83. The molecular weight excluding hydrogens is 224 g/mol. The molecule has 16 heavy (non-hydrogen) atoms. The molecule has 0 bridgehead atoms. The summed E-state index contributed by atoms with van der Waals surface area (Å²) < 4.78 is 26.0. The normalized spacial score (nSPS) is 32.9. The number of hydrogen-bond acceptors (Lipinski definition) is 3. The third kappa shape index (κ3) is 2.96. The van der Waals surface area contributed by atoms with Gasteiger partial charge in [-0.2, -0.15) is 4.31 Å². The first-order valence-electron chi connectivity index (χ1n) is 6.22. The second-order valence-corrected chi connectivity index (χ2v) is 7.32. The van der Waals surface area contributed by atoms with E-state index in [4.69, 9.17) is 0 Å². The largest absolute Gasteiger partial charge is 0.311 e. The lowest BCUT2D eigenvalue weighted by molar-refractivity contribution is 0.244. The van der Waals surface area contributed by atoms with Crippen LogP contribution >= 0.6 is 0 Å². The molecule has 0 aromatic carbocycles. The maximum atomic E-state index is 12.2. The molecule has 2 rings (SSSR count). The van der Waals surface area contributed by atoms with Crippen LogP contribution in [-0.4, -0.2) is 43.6 Å². The smallest absolute Gasteiger partial charge is 0.214 e. The van der Waals surface area contributed by atoms with Crippen LogP contribution in [0.4, 0.5) is 0 Å². The second kappa shape index (κ2) is 4.63. The summed E-state index contributed by atoms with van der Waals surface area (Å²) >= 11 is 0. The average molecular weight is 246 g/mol. The van der Waals surface area contributed by atoms with Crippen LogP contribution in [0.3, 0.4) is 0 Å². The minimum absolute atomic E-state index is 0.0976. The molecule has 0 amide bonds. The van der Waals surface area contributed by atoms with Crippen molar-refractivity contribution in [2.75, 3.05) is 18.8 Å². The van der Waals surface area contributed by atoms with E-state index in [2.05, 4.69) is 5.32 Å². The van der Waals surface area contributed by atoms with Crippen molar-refractivity contribution in [3.05, 3.63) is 0 Å². The molecule has 1 aliphatic heterocycles. The molecule has 1 heterocycles. The van der Waals surface area contributed by atoms with E-state index in [0.717, 1.165) is 13.0 Å². The van der Waals surface area contributed by atoms with E-state index in [-0.39, 0.29) is 12.1 Å². The highest BCUT2D eigenvalue weighted by molar-refractivity contribution is 7.89. The Labute approximate surface area is 98.4 Å². The van der Waals surface area contributed by atoms with Gasteiger partial charge in [-0.05, 0) is 26.2 Å². The molecule has 2 fully saturated rings. The van der Waals surface area contributed by atoms with E-state index in [9.17, 15) is 8.42 Å². The number of nitrogens with one attached hydrogen (secondary N) is 1. The summed E-state index contributed by atoms with van der Waals surface area (Å²) in [5.74, 6) is 1.03. The van der Waals surface area contributed by atoms with E-state index in [1.54, 1.807) is 4.31 Å². The molecule has 0 aromatic heterocycles. The average Bonchev–Trinajstić information content (AvgIpc) is 3.02. The SMILES string of the molecule is CC1CN(S(=O)(=O)CCC2CC2)C(C)CN1. The highest BCUT2D eigenvalue weighted by atomic mass is 32.2. The molecule has 0 radical (unpaired) electrons. The third-order valence-electron chi connectivity index (χ3n) is 3.55. The Kier molecular flexibility index (Phi) is 3.56. The van der Waals surface area contributed by atoms with Crippen LogP contribution in [0.25, 0.3) is 0 Å². The summed E-state index contributed by atoms with van der Waals surface area (Å²) in [4.78, 5) is 0. The molecule has 1 aliphatic carbocycles. The van der Waals surface area contributed by atoms with Gasteiger partial charge in [0.25, 0.3) is 0 Å². The molecule has 4 nitrogen and oxygen atoms in total. The lowest BCUT2D eigenvalue weighted by atomic mass is 10.2. The van der Waals surface area contributed by atoms with E-state index in [1.807, 2.05) is 13.8 Å². The highest BCUT2D eigenvalue weighted by Gasteiger charge is 2.33. The van der Waals surface area contributed by atoms with Crippen LogP contribution in [0.15, 0.2) is 0 Å². The lowest BCUT2D eigenvalue weighted by Gasteiger charge is -2.36. The lowest BCUT2D eigenvalue weighted by Crippen LogP contribution is -2.56. The number of piperazine rings is 1. The van der Waals surface area contributed by atoms with Crippen LogP contribution in [0, 0.1) is 5.92 Å². The van der Waals surface area contributed by atoms with E-state index >= 15 is 0 Å². The zero-order chi connectivity index (χ0) is 11.8. The number of hydrogen-bond donors (Lipinski definition) is 1. The minimum Gasteiger partial charge on any atom is -0.311 e. The predicted octanol–water partition coefficient (Wildman–Crippen LogP) is 0.798. The molecule has 0 spiro atoms. The van der Waals surface area contributed by atoms with E-state index < -0.39 is 10.0 Å². The Bertz CT molecular complexity index is 338. The third-order valence-corrected chi connectivity index (χ3v) is 5.52. The molecule has 1 N–H and O–H groups in total. The van der Waals surface area contributed by atoms with Crippen molar-refractivity contribution in [2.45, 2.75) is 45.2 Å². The van der Waals surface area contributed by atoms with Gasteiger partial charge in [-0.25, -0.2) is 8.42 Å². The van der Waals surface area contributed by atoms with Crippen molar-refractivity contribution >= 4 is 10.0 Å².